The number of ether oxygens (including phenoxy) is 2. The molecule has 0 fully saturated rings. The van der Waals surface area contributed by atoms with Gasteiger partial charge in [-0.15, -0.1) is 13.2 Å². The summed E-state index contributed by atoms with van der Waals surface area (Å²) in [6.45, 7) is 1.72. The second-order valence-electron chi connectivity index (χ2n) is 6.51. The Balaban J connectivity index is 1.70. The van der Waals surface area contributed by atoms with E-state index in [2.05, 4.69) is 15.3 Å². The van der Waals surface area contributed by atoms with Gasteiger partial charge in [-0.1, -0.05) is 36.4 Å². The Labute approximate surface area is 171 Å². The number of halogens is 3. The second kappa shape index (κ2) is 8.86. The van der Waals surface area contributed by atoms with Crippen molar-refractivity contribution in [3.8, 4) is 11.5 Å². The quantitative estimate of drug-likeness (QED) is 0.454. The van der Waals surface area contributed by atoms with Gasteiger partial charge in [0.2, 0.25) is 5.91 Å². The van der Waals surface area contributed by atoms with Gasteiger partial charge in [-0.3, -0.25) is 4.79 Å². The average Bonchev–Trinajstić information content (AvgIpc) is 2.72. The van der Waals surface area contributed by atoms with Crippen LogP contribution in [0.4, 0.5) is 13.2 Å². The molecule has 1 amide bonds. The van der Waals surface area contributed by atoms with E-state index >= 15 is 0 Å². The maximum Gasteiger partial charge on any atom is 0.573 e. The highest BCUT2D eigenvalue weighted by molar-refractivity contribution is 5.89. The van der Waals surface area contributed by atoms with Gasteiger partial charge < -0.3 is 9.47 Å². The molecule has 8 heteroatoms. The lowest BCUT2D eigenvalue weighted by Gasteiger charge is -2.12. The Kier molecular flexibility index (Phi) is 6.25. The number of carbonyl (C=O) groups is 1. The van der Waals surface area contributed by atoms with Crippen molar-refractivity contribution >= 4 is 22.9 Å². The molecule has 0 heterocycles. The number of rotatable bonds is 6. The number of hydrogen-bond acceptors (Lipinski definition) is 4. The number of para-hydroxylation sites is 1. The molecule has 30 heavy (non-hydrogen) atoms. The normalized spacial score (nSPS) is 12.7. The standard InChI is InChI=1S/C22H19F3N2O3/c1-14(15-7-8-17-12-19(29-2)10-9-16(17)11-15)21(28)27-26-13-18-5-3-4-6-20(18)30-22(23,24)25/h3-14H,1-2H3,(H,27,28)/b26-13+/t14-/m0/s1. The largest absolute Gasteiger partial charge is 0.573 e. The number of benzene rings is 3. The van der Waals surface area contributed by atoms with Crippen LogP contribution in [0.5, 0.6) is 11.5 Å². The fourth-order valence-electron chi connectivity index (χ4n) is 2.86. The minimum atomic E-state index is -4.82. The zero-order valence-electron chi connectivity index (χ0n) is 16.2. The van der Waals surface area contributed by atoms with Crippen molar-refractivity contribution in [2.24, 2.45) is 5.10 Å². The second-order valence-corrected chi connectivity index (χ2v) is 6.51. The first-order chi connectivity index (χ1) is 14.3. The van der Waals surface area contributed by atoms with Gasteiger partial charge in [-0.05, 0) is 47.5 Å². The third kappa shape index (κ3) is 5.28. The summed E-state index contributed by atoms with van der Waals surface area (Å²) in [5.41, 5.74) is 3.22. The molecular formula is C22H19F3N2O3. The van der Waals surface area contributed by atoms with Crippen LogP contribution < -0.4 is 14.9 Å². The minimum Gasteiger partial charge on any atom is -0.497 e. The van der Waals surface area contributed by atoms with Crippen LogP contribution in [0.3, 0.4) is 0 Å². The third-order valence-corrected chi connectivity index (χ3v) is 4.49. The SMILES string of the molecule is COc1ccc2cc([C@H](C)C(=O)N/N=C/c3ccccc3OC(F)(F)F)ccc2c1. The van der Waals surface area contributed by atoms with Gasteiger partial charge in [-0.25, -0.2) is 5.43 Å². The van der Waals surface area contributed by atoms with Crippen molar-refractivity contribution in [1.82, 2.24) is 5.43 Å². The molecular weight excluding hydrogens is 397 g/mol. The summed E-state index contributed by atoms with van der Waals surface area (Å²) in [5.74, 6) is -0.574. The molecule has 0 aliphatic heterocycles. The summed E-state index contributed by atoms with van der Waals surface area (Å²) < 4.78 is 46.6. The van der Waals surface area contributed by atoms with Gasteiger partial charge in [-0.2, -0.15) is 5.10 Å². The molecule has 0 bridgehead atoms. The Morgan fingerprint density at radius 3 is 2.50 bits per heavy atom. The summed E-state index contributed by atoms with van der Waals surface area (Å²) in [6, 6.07) is 16.8. The summed E-state index contributed by atoms with van der Waals surface area (Å²) in [5, 5.41) is 5.71. The summed E-state index contributed by atoms with van der Waals surface area (Å²) in [7, 11) is 1.59. The predicted molar refractivity (Wildman–Crippen MR) is 108 cm³/mol. The first-order valence-corrected chi connectivity index (χ1v) is 9.02. The first kappa shape index (κ1) is 21.2. The Morgan fingerprint density at radius 2 is 1.77 bits per heavy atom. The monoisotopic (exact) mass is 416 g/mol. The smallest absolute Gasteiger partial charge is 0.497 e. The molecule has 3 aromatic rings. The molecule has 3 rings (SSSR count). The highest BCUT2D eigenvalue weighted by Gasteiger charge is 2.31. The lowest BCUT2D eigenvalue weighted by atomic mass is 9.97. The number of carbonyl (C=O) groups excluding carboxylic acids is 1. The Morgan fingerprint density at radius 1 is 1.07 bits per heavy atom. The molecule has 156 valence electrons. The van der Waals surface area contributed by atoms with Crippen molar-refractivity contribution < 1.29 is 27.4 Å². The van der Waals surface area contributed by atoms with Gasteiger partial charge in [0, 0.05) is 5.56 Å². The number of hydrogen-bond donors (Lipinski definition) is 1. The van der Waals surface area contributed by atoms with Gasteiger partial charge in [0.25, 0.3) is 0 Å². The lowest BCUT2D eigenvalue weighted by molar-refractivity contribution is -0.274. The molecule has 0 spiro atoms. The van der Waals surface area contributed by atoms with E-state index in [1.165, 1.54) is 18.2 Å². The van der Waals surface area contributed by atoms with Crippen LogP contribution in [0.25, 0.3) is 10.8 Å². The maximum atomic E-state index is 12.5. The lowest BCUT2D eigenvalue weighted by Crippen LogP contribution is -2.23. The molecule has 1 atom stereocenters. The van der Waals surface area contributed by atoms with E-state index in [9.17, 15) is 18.0 Å². The number of alkyl halides is 3. The summed E-state index contributed by atoms with van der Waals surface area (Å²) >= 11 is 0. The first-order valence-electron chi connectivity index (χ1n) is 9.02. The minimum absolute atomic E-state index is 0.0856. The molecule has 0 aliphatic carbocycles. The van der Waals surface area contributed by atoms with Gasteiger partial charge >= 0.3 is 6.36 Å². The van der Waals surface area contributed by atoms with Crippen molar-refractivity contribution in [1.29, 1.82) is 0 Å². The topological polar surface area (TPSA) is 59.9 Å². The van der Waals surface area contributed by atoms with Gasteiger partial charge in [0.1, 0.15) is 11.5 Å². The molecule has 0 unspecified atom stereocenters. The molecule has 1 N–H and O–H groups in total. The van der Waals surface area contributed by atoms with E-state index < -0.39 is 23.9 Å². The van der Waals surface area contributed by atoms with Crippen molar-refractivity contribution in [2.75, 3.05) is 7.11 Å². The van der Waals surface area contributed by atoms with E-state index in [1.807, 2.05) is 36.4 Å². The molecule has 0 aliphatic rings. The Hall–Kier alpha value is -3.55. The fourth-order valence-corrected chi connectivity index (χ4v) is 2.86. The number of fused-ring (bicyclic) bond motifs is 1. The number of hydrazone groups is 1. The average molecular weight is 416 g/mol. The molecule has 3 aromatic carbocycles. The van der Waals surface area contributed by atoms with E-state index in [0.717, 1.165) is 28.3 Å². The van der Waals surface area contributed by atoms with Crippen LogP contribution in [-0.2, 0) is 4.79 Å². The molecule has 5 nitrogen and oxygen atoms in total. The predicted octanol–water partition coefficient (Wildman–Crippen LogP) is 5.00. The van der Waals surface area contributed by atoms with Gasteiger partial charge in [0.05, 0.1) is 19.2 Å². The molecule has 0 aromatic heterocycles. The van der Waals surface area contributed by atoms with Crippen molar-refractivity contribution in [3.05, 3.63) is 71.8 Å². The highest BCUT2D eigenvalue weighted by Crippen LogP contribution is 2.26. The van der Waals surface area contributed by atoms with Crippen LogP contribution in [-0.4, -0.2) is 25.6 Å². The van der Waals surface area contributed by atoms with Crippen LogP contribution in [0.2, 0.25) is 0 Å². The molecule has 0 radical (unpaired) electrons. The zero-order chi connectivity index (χ0) is 21.7. The maximum absolute atomic E-state index is 12.5. The Bertz CT molecular complexity index is 1080. The van der Waals surface area contributed by atoms with E-state index in [4.69, 9.17) is 4.74 Å². The van der Waals surface area contributed by atoms with Crippen LogP contribution in [0.15, 0.2) is 65.8 Å². The highest BCUT2D eigenvalue weighted by atomic mass is 19.4. The number of methoxy groups -OCH3 is 1. The van der Waals surface area contributed by atoms with Gasteiger partial charge in [0.15, 0.2) is 0 Å². The summed E-state index contributed by atoms with van der Waals surface area (Å²) in [4.78, 5) is 12.4. The number of nitrogens with zero attached hydrogens (tertiary/aromatic N) is 1. The third-order valence-electron chi connectivity index (χ3n) is 4.49. The zero-order valence-corrected chi connectivity index (χ0v) is 16.2. The molecule has 0 saturated heterocycles. The van der Waals surface area contributed by atoms with Crippen LogP contribution in [0, 0.1) is 0 Å². The summed E-state index contributed by atoms with van der Waals surface area (Å²) in [6.07, 6.45) is -3.71. The molecule has 0 saturated carbocycles. The van der Waals surface area contributed by atoms with E-state index in [1.54, 1.807) is 20.1 Å². The van der Waals surface area contributed by atoms with E-state index in [0.29, 0.717) is 0 Å². The number of nitrogens with one attached hydrogen (secondary N) is 1. The van der Waals surface area contributed by atoms with Crippen LogP contribution in [0.1, 0.15) is 24.0 Å². The fraction of sp³-hybridized carbons (Fsp3) is 0.182. The van der Waals surface area contributed by atoms with Crippen molar-refractivity contribution in [2.45, 2.75) is 19.2 Å². The number of amides is 1. The van der Waals surface area contributed by atoms with Crippen molar-refractivity contribution in [3.63, 3.8) is 0 Å². The van der Waals surface area contributed by atoms with E-state index in [-0.39, 0.29) is 5.56 Å². The van der Waals surface area contributed by atoms with Crippen LogP contribution >= 0.6 is 0 Å².